The van der Waals surface area contributed by atoms with Crippen LogP contribution in [0.2, 0.25) is 0 Å². The van der Waals surface area contributed by atoms with Crippen molar-refractivity contribution in [3.8, 4) is 17.1 Å². The number of ether oxygens (including phenoxy) is 2. The predicted octanol–water partition coefficient (Wildman–Crippen LogP) is 1.89. The zero-order valence-electron chi connectivity index (χ0n) is 18.4. The molecular weight excluding hydrogens is 420 g/mol. The first-order chi connectivity index (χ1) is 16.2. The average Bonchev–Trinajstić information content (AvgIpc) is 3.44. The largest absolute Gasteiger partial charge is 0.491 e. The van der Waals surface area contributed by atoms with Crippen LogP contribution in [0.5, 0.6) is 5.75 Å². The third-order valence-electron chi connectivity index (χ3n) is 7.91. The number of benzene rings is 1. The Morgan fingerprint density at radius 1 is 1.24 bits per heavy atom. The molecule has 2 saturated carbocycles. The van der Waals surface area contributed by atoms with Gasteiger partial charge in [-0.05, 0) is 37.8 Å². The fraction of sp³-hybridized carbons (Fsp3) is 0.542. The average molecular weight is 449 g/mol. The molecule has 2 saturated heterocycles. The molecule has 9 heteroatoms. The topological polar surface area (TPSA) is 112 Å². The van der Waals surface area contributed by atoms with Gasteiger partial charge in [-0.3, -0.25) is 0 Å². The van der Waals surface area contributed by atoms with Gasteiger partial charge in [-0.15, -0.1) is 0 Å². The van der Waals surface area contributed by atoms with E-state index < -0.39 is 6.10 Å². The van der Waals surface area contributed by atoms with Crippen molar-refractivity contribution in [1.82, 2.24) is 19.7 Å². The van der Waals surface area contributed by atoms with Crippen molar-refractivity contribution in [1.29, 1.82) is 0 Å². The van der Waals surface area contributed by atoms with Gasteiger partial charge >= 0.3 is 0 Å². The second-order valence-corrected chi connectivity index (χ2v) is 9.88. The van der Waals surface area contributed by atoms with Gasteiger partial charge in [0.15, 0.2) is 11.5 Å². The summed E-state index contributed by atoms with van der Waals surface area (Å²) >= 11 is 0. The highest BCUT2D eigenvalue weighted by Gasteiger charge is 2.69. The minimum Gasteiger partial charge on any atom is -0.491 e. The number of nitrogens with zero attached hydrogens (tertiary/aromatic N) is 5. The number of piperidine rings is 1. The molecule has 7 rings (SSSR count). The van der Waals surface area contributed by atoms with Crippen LogP contribution in [0, 0.1) is 5.41 Å². The van der Waals surface area contributed by atoms with Gasteiger partial charge in [0.25, 0.3) is 0 Å². The van der Waals surface area contributed by atoms with E-state index in [0.717, 1.165) is 48.5 Å². The van der Waals surface area contributed by atoms with Crippen molar-refractivity contribution in [2.24, 2.45) is 11.1 Å². The number of aromatic nitrogens is 4. The van der Waals surface area contributed by atoms with Gasteiger partial charge in [-0.25, -0.2) is 14.6 Å². The summed E-state index contributed by atoms with van der Waals surface area (Å²) in [6.45, 7) is 1.95. The van der Waals surface area contributed by atoms with Gasteiger partial charge in [-0.2, -0.15) is 5.10 Å². The molecule has 172 valence electrons. The smallest absolute Gasteiger partial charge is 0.164 e. The van der Waals surface area contributed by atoms with E-state index in [4.69, 9.17) is 30.3 Å². The number of aliphatic hydroxyl groups excluding tert-OH is 1. The SMILES string of the molecule is NCC(O)COc1cccc(-c2nc(N3C4CCC45COCC35)c3cnn(C4CC4)c3n2)c1. The van der Waals surface area contributed by atoms with E-state index in [9.17, 15) is 5.11 Å². The third-order valence-corrected chi connectivity index (χ3v) is 7.91. The second kappa shape index (κ2) is 7.12. The van der Waals surface area contributed by atoms with Crippen LogP contribution in [-0.2, 0) is 4.74 Å². The van der Waals surface area contributed by atoms with Gasteiger partial charge < -0.3 is 25.2 Å². The zero-order chi connectivity index (χ0) is 22.2. The van der Waals surface area contributed by atoms with E-state index >= 15 is 0 Å². The summed E-state index contributed by atoms with van der Waals surface area (Å²) in [6, 6.07) is 9.03. The Morgan fingerprint density at radius 3 is 2.94 bits per heavy atom. The first-order valence-electron chi connectivity index (χ1n) is 11.9. The molecule has 1 aromatic carbocycles. The molecule has 4 heterocycles. The van der Waals surface area contributed by atoms with Crippen LogP contribution in [0.4, 0.5) is 5.82 Å². The monoisotopic (exact) mass is 448 g/mol. The number of rotatable bonds is 7. The minimum atomic E-state index is -0.691. The van der Waals surface area contributed by atoms with E-state index in [1.54, 1.807) is 0 Å². The van der Waals surface area contributed by atoms with Crippen molar-refractivity contribution in [2.75, 3.05) is 31.3 Å². The fourth-order valence-electron chi connectivity index (χ4n) is 5.84. The molecule has 2 aliphatic heterocycles. The first-order valence-corrected chi connectivity index (χ1v) is 11.9. The standard InChI is InChI=1S/C24H28N6O3/c25-9-16(31)11-33-17-3-1-2-14(8-17)21-27-22(18-10-26-30(15-4-5-15)23(18)28-21)29-19-6-7-24(19)13-32-12-20(24)29/h1-3,8,10,15-16,19-20,31H,4-7,9,11-13,25H2. The third kappa shape index (κ3) is 2.85. The zero-order valence-corrected chi connectivity index (χ0v) is 18.4. The molecule has 0 radical (unpaired) electrons. The van der Waals surface area contributed by atoms with Crippen LogP contribution in [0.1, 0.15) is 31.7 Å². The predicted molar refractivity (Wildman–Crippen MR) is 122 cm³/mol. The summed E-state index contributed by atoms with van der Waals surface area (Å²) in [5, 5.41) is 15.5. The number of hydrogen-bond donors (Lipinski definition) is 2. The summed E-state index contributed by atoms with van der Waals surface area (Å²) in [5.74, 6) is 2.30. The Hall–Kier alpha value is -2.75. The van der Waals surface area contributed by atoms with Crippen molar-refractivity contribution in [3.63, 3.8) is 0 Å². The Balaban J connectivity index is 1.31. The first kappa shape index (κ1) is 19.7. The molecule has 3 aromatic rings. The molecule has 4 fully saturated rings. The van der Waals surface area contributed by atoms with Gasteiger partial charge in [-0.1, -0.05) is 12.1 Å². The highest BCUT2D eigenvalue weighted by atomic mass is 16.5. The molecule has 2 aliphatic carbocycles. The molecular formula is C24H28N6O3. The fourth-order valence-corrected chi connectivity index (χ4v) is 5.84. The Kier molecular flexibility index (Phi) is 4.25. The number of aliphatic hydroxyl groups is 1. The lowest BCUT2D eigenvalue weighted by Gasteiger charge is -2.67. The summed E-state index contributed by atoms with van der Waals surface area (Å²) in [6.07, 6.45) is 5.96. The quantitative estimate of drug-likeness (QED) is 0.564. The van der Waals surface area contributed by atoms with Crippen LogP contribution >= 0.6 is 0 Å². The lowest BCUT2D eigenvalue weighted by atomic mass is 9.53. The number of hydrogen-bond acceptors (Lipinski definition) is 8. The van der Waals surface area contributed by atoms with Gasteiger partial charge in [0.2, 0.25) is 0 Å². The summed E-state index contributed by atoms with van der Waals surface area (Å²) < 4.78 is 13.7. The molecule has 9 nitrogen and oxygen atoms in total. The van der Waals surface area contributed by atoms with Crippen LogP contribution in [0.3, 0.4) is 0 Å². The molecule has 2 aromatic heterocycles. The highest BCUT2D eigenvalue weighted by Crippen LogP contribution is 2.62. The van der Waals surface area contributed by atoms with Crippen LogP contribution in [0.25, 0.3) is 22.4 Å². The summed E-state index contributed by atoms with van der Waals surface area (Å²) in [4.78, 5) is 12.5. The van der Waals surface area contributed by atoms with E-state index in [1.807, 2.05) is 30.5 Å². The summed E-state index contributed by atoms with van der Waals surface area (Å²) in [7, 11) is 0. The minimum absolute atomic E-state index is 0.152. The van der Waals surface area contributed by atoms with Crippen molar-refractivity contribution >= 4 is 16.9 Å². The molecule has 3 N–H and O–H groups in total. The van der Waals surface area contributed by atoms with Crippen molar-refractivity contribution < 1.29 is 14.6 Å². The maximum atomic E-state index is 9.75. The lowest BCUT2D eigenvalue weighted by Crippen LogP contribution is -2.77. The van der Waals surface area contributed by atoms with Crippen molar-refractivity contribution in [3.05, 3.63) is 30.5 Å². The molecule has 4 aliphatic rings. The lowest BCUT2D eigenvalue weighted by molar-refractivity contribution is -0.0127. The van der Waals surface area contributed by atoms with Gasteiger partial charge in [0.05, 0.1) is 36.9 Å². The van der Waals surface area contributed by atoms with Crippen LogP contribution < -0.4 is 15.4 Å². The number of fused-ring (bicyclic) bond motifs is 1. The van der Waals surface area contributed by atoms with E-state index in [1.165, 1.54) is 12.8 Å². The van der Waals surface area contributed by atoms with E-state index in [0.29, 0.717) is 35.1 Å². The Morgan fingerprint density at radius 2 is 2.15 bits per heavy atom. The maximum Gasteiger partial charge on any atom is 0.164 e. The molecule has 33 heavy (non-hydrogen) atoms. The maximum absolute atomic E-state index is 9.75. The molecule has 1 spiro atoms. The molecule has 0 bridgehead atoms. The van der Waals surface area contributed by atoms with E-state index in [-0.39, 0.29) is 13.2 Å². The van der Waals surface area contributed by atoms with Gasteiger partial charge in [0, 0.05) is 23.6 Å². The molecule has 4 unspecified atom stereocenters. The number of anilines is 1. The highest BCUT2D eigenvalue weighted by molar-refractivity contribution is 5.90. The Labute approximate surface area is 191 Å². The molecule has 4 atom stereocenters. The van der Waals surface area contributed by atoms with Gasteiger partial charge in [0.1, 0.15) is 24.3 Å². The van der Waals surface area contributed by atoms with Crippen LogP contribution in [0.15, 0.2) is 30.5 Å². The van der Waals surface area contributed by atoms with E-state index in [2.05, 4.69) is 9.58 Å². The normalized spacial score (nSPS) is 28.7. The summed E-state index contributed by atoms with van der Waals surface area (Å²) in [5.41, 5.74) is 7.60. The molecule has 0 amide bonds. The van der Waals surface area contributed by atoms with Crippen molar-refractivity contribution in [2.45, 2.75) is 49.9 Å². The second-order valence-electron chi connectivity index (χ2n) is 9.88. The van der Waals surface area contributed by atoms with Crippen LogP contribution in [-0.4, -0.2) is 69.4 Å². The Bertz CT molecular complexity index is 1230. The number of nitrogens with two attached hydrogens (primary N) is 1.